The van der Waals surface area contributed by atoms with Crippen LogP contribution in [-0.2, 0) is 16.1 Å². The van der Waals surface area contributed by atoms with Gasteiger partial charge in [0, 0.05) is 22.6 Å². The normalized spacial score (nSPS) is 11.0. The van der Waals surface area contributed by atoms with Crippen LogP contribution in [0.5, 0.6) is 0 Å². The highest BCUT2D eigenvalue weighted by Crippen LogP contribution is 2.22. The van der Waals surface area contributed by atoms with E-state index in [0.717, 1.165) is 28.1 Å². The molecule has 0 unspecified atom stereocenters. The number of carbonyl (C=O) groups is 2. The van der Waals surface area contributed by atoms with Gasteiger partial charge in [-0.3, -0.25) is 9.59 Å². The predicted molar refractivity (Wildman–Crippen MR) is 115 cm³/mol. The average molecular weight is 401 g/mol. The maximum atomic E-state index is 12.7. The fourth-order valence-electron chi connectivity index (χ4n) is 3.68. The molecule has 2 aromatic carbocycles. The summed E-state index contributed by atoms with van der Waals surface area (Å²) in [6.07, 6.45) is 1.60. The summed E-state index contributed by atoms with van der Waals surface area (Å²) in [5, 5.41) is 0. The topological polar surface area (TPSA) is 66.1 Å². The van der Waals surface area contributed by atoms with Crippen LogP contribution in [-0.4, -0.2) is 32.5 Å². The number of Topliss-reactive ketones (excluding diaryl/α,β-unsaturated/α-hetero) is 1. The summed E-state index contributed by atoms with van der Waals surface area (Å²) in [6.45, 7) is 5.62. The van der Waals surface area contributed by atoms with E-state index in [1.807, 2.05) is 79.9 Å². The van der Waals surface area contributed by atoms with Crippen LogP contribution in [0.25, 0.3) is 16.7 Å². The van der Waals surface area contributed by atoms with E-state index >= 15 is 0 Å². The molecule has 0 aliphatic carbocycles. The van der Waals surface area contributed by atoms with Crippen molar-refractivity contribution in [2.45, 2.75) is 27.3 Å². The van der Waals surface area contributed by atoms with Crippen LogP contribution >= 0.6 is 0 Å². The molecule has 0 spiro atoms. The molecule has 0 fully saturated rings. The van der Waals surface area contributed by atoms with Gasteiger partial charge in [0.15, 0.2) is 6.61 Å². The molecule has 2 heterocycles. The van der Waals surface area contributed by atoms with E-state index in [-0.39, 0.29) is 18.9 Å². The molecular formula is C24H23N3O3. The van der Waals surface area contributed by atoms with Crippen LogP contribution in [0, 0.1) is 20.8 Å². The minimum absolute atomic E-state index is 0.0101. The van der Waals surface area contributed by atoms with Gasteiger partial charge >= 0.3 is 5.97 Å². The Hall–Kier alpha value is -3.67. The number of aryl methyl sites for hydroxylation is 2. The molecule has 0 bridgehead atoms. The van der Waals surface area contributed by atoms with Crippen molar-refractivity contribution in [3.05, 3.63) is 83.4 Å². The quantitative estimate of drug-likeness (QED) is 0.359. The summed E-state index contributed by atoms with van der Waals surface area (Å²) >= 11 is 0. The van der Waals surface area contributed by atoms with Gasteiger partial charge in [-0.15, -0.1) is 0 Å². The van der Waals surface area contributed by atoms with Crippen molar-refractivity contribution < 1.29 is 14.3 Å². The number of carbonyl (C=O) groups excluding carboxylic acids is 2. The maximum Gasteiger partial charge on any atom is 0.326 e. The van der Waals surface area contributed by atoms with Gasteiger partial charge in [-0.2, -0.15) is 0 Å². The largest absolute Gasteiger partial charge is 0.456 e. The van der Waals surface area contributed by atoms with Crippen LogP contribution in [0.15, 0.2) is 60.9 Å². The Morgan fingerprint density at radius 2 is 1.73 bits per heavy atom. The molecule has 0 aliphatic rings. The first-order valence-corrected chi connectivity index (χ1v) is 9.78. The fourth-order valence-corrected chi connectivity index (χ4v) is 3.68. The second-order valence-corrected chi connectivity index (χ2v) is 7.40. The van der Waals surface area contributed by atoms with Crippen LogP contribution < -0.4 is 0 Å². The fraction of sp³-hybridized carbons (Fsp3) is 0.208. The number of ether oxygens (including phenoxy) is 1. The van der Waals surface area contributed by atoms with E-state index in [9.17, 15) is 9.59 Å². The molecule has 4 aromatic rings. The number of benzene rings is 2. The zero-order chi connectivity index (χ0) is 21.3. The third kappa shape index (κ3) is 3.76. The molecule has 152 valence electrons. The molecule has 0 saturated carbocycles. The van der Waals surface area contributed by atoms with Gasteiger partial charge < -0.3 is 13.9 Å². The molecule has 6 nitrogen and oxygen atoms in total. The molecule has 0 amide bonds. The third-order valence-corrected chi connectivity index (χ3v) is 5.21. The first-order chi connectivity index (χ1) is 14.4. The van der Waals surface area contributed by atoms with Crippen LogP contribution in [0.2, 0.25) is 0 Å². The van der Waals surface area contributed by atoms with Crippen LogP contribution in [0.3, 0.4) is 0 Å². The number of rotatable bonds is 6. The number of hydrogen-bond acceptors (Lipinski definition) is 4. The molecule has 4 rings (SSSR count). The van der Waals surface area contributed by atoms with E-state index in [4.69, 9.17) is 4.74 Å². The molecule has 0 atom stereocenters. The lowest BCUT2D eigenvalue weighted by Gasteiger charge is -2.10. The Morgan fingerprint density at radius 1 is 1.00 bits per heavy atom. The highest BCUT2D eigenvalue weighted by molar-refractivity contribution is 5.99. The summed E-state index contributed by atoms with van der Waals surface area (Å²) in [4.78, 5) is 29.3. The predicted octanol–water partition coefficient (Wildman–Crippen LogP) is 4.18. The van der Waals surface area contributed by atoms with Gasteiger partial charge in [0.2, 0.25) is 5.78 Å². The van der Waals surface area contributed by atoms with Crippen molar-refractivity contribution in [3.8, 4) is 5.69 Å². The highest BCUT2D eigenvalue weighted by atomic mass is 16.5. The Bertz CT molecular complexity index is 1230. The van der Waals surface area contributed by atoms with Crippen molar-refractivity contribution in [2.24, 2.45) is 0 Å². The summed E-state index contributed by atoms with van der Waals surface area (Å²) in [6, 6.07) is 17.5. The number of aromatic nitrogens is 3. The molecule has 0 radical (unpaired) electrons. The Morgan fingerprint density at radius 3 is 2.50 bits per heavy atom. The third-order valence-electron chi connectivity index (χ3n) is 5.21. The van der Waals surface area contributed by atoms with Crippen molar-refractivity contribution in [1.82, 2.24) is 14.1 Å². The van der Waals surface area contributed by atoms with Crippen molar-refractivity contribution in [3.63, 3.8) is 0 Å². The zero-order valence-corrected chi connectivity index (χ0v) is 17.3. The van der Waals surface area contributed by atoms with Crippen LogP contribution in [0.1, 0.15) is 27.3 Å². The second-order valence-electron chi connectivity index (χ2n) is 7.40. The number of hydrogen-bond donors (Lipinski definition) is 0. The van der Waals surface area contributed by atoms with Gasteiger partial charge in [-0.1, -0.05) is 29.8 Å². The monoisotopic (exact) mass is 401 g/mol. The summed E-state index contributed by atoms with van der Waals surface area (Å²) in [5.41, 5.74) is 6.18. The number of ketones is 1. The molecule has 0 N–H and O–H groups in total. The van der Waals surface area contributed by atoms with Crippen molar-refractivity contribution in [1.29, 1.82) is 0 Å². The lowest BCUT2D eigenvalue weighted by atomic mass is 10.1. The average Bonchev–Trinajstić information content (AvgIpc) is 3.27. The number of imidazole rings is 1. The second kappa shape index (κ2) is 7.99. The lowest BCUT2D eigenvalue weighted by molar-refractivity contribution is -0.143. The number of para-hydroxylation sites is 2. The zero-order valence-electron chi connectivity index (χ0n) is 17.3. The minimum atomic E-state index is -0.473. The van der Waals surface area contributed by atoms with E-state index < -0.39 is 5.97 Å². The summed E-state index contributed by atoms with van der Waals surface area (Å²) in [7, 11) is 0. The van der Waals surface area contributed by atoms with Crippen molar-refractivity contribution >= 4 is 22.8 Å². The van der Waals surface area contributed by atoms with Gasteiger partial charge in [0.05, 0.1) is 17.4 Å². The smallest absolute Gasteiger partial charge is 0.326 e. The van der Waals surface area contributed by atoms with E-state index in [1.165, 1.54) is 5.56 Å². The van der Waals surface area contributed by atoms with E-state index in [1.54, 1.807) is 10.9 Å². The van der Waals surface area contributed by atoms with Crippen molar-refractivity contribution in [2.75, 3.05) is 6.61 Å². The summed E-state index contributed by atoms with van der Waals surface area (Å²) < 4.78 is 9.01. The Labute approximate surface area is 174 Å². The Balaban J connectivity index is 1.44. The van der Waals surface area contributed by atoms with Gasteiger partial charge in [0.1, 0.15) is 6.54 Å². The highest BCUT2D eigenvalue weighted by Gasteiger charge is 2.18. The van der Waals surface area contributed by atoms with Gasteiger partial charge in [-0.25, -0.2) is 4.98 Å². The minimum Gasteiger partial charge on any atom is -0.456 e. The molecule has 6 heteroatoms. The number of fused-ring (bicyclic) bond motifs is 1. The molecule has 30 heavy (non-hydrogen) atoms. The molecule has 2 aromatic heterocycles. The molecule has 0 saturated heterocycles. The maximum absolute atomic E-state index is 12.7. The SMILES string of the molecule is Cc1ccc(-n2c(C)cc(C(=O)COC(=O)Cn3cnc4ccccc43)c2C)cc1. The first kappa shape index (κ1) is 19.6. The summed E-state index contributed by atoms with van der Waals surface area (Å²) in [5.74, 6) is -0.691. The standard InChI is InChI=1S/C24H23N3O3/c1-16-8-10-19(11-9-16)27-17(2)12-20(18(27)3)23(28)14-30-24(29)13-26-15-25-21-6-4-5-7-22(21)26/h4-12,15H,13-14H2,1-3H3. The Kier molecular flexibility index (Phi) is 5.23. The lowest BCUT2D eigenvalue weighted by Crippen LogP contribution is -2.18. The number of nitrogens with zero attached hydrogens (tertiary/aromatic N) is 3. The van der Waals surface area contributed by atoms with E-state index in [2.05, 4.69) is 4.98 Å². The van der Waals surface area contributed by atoms with E-state index in [0.29, 0.717) is 5.56 Å². The first-order valence-electron chi connectivity index (χ1n) is 9.78. The van der Waals surface area contributed by atoms with Gasteiger partial charge in [-0.05, 0) is 51.1 Å². The molecular weight excluding hydrogens is 378 g/mol. The number of esters is 1. The van der Waals surface area contributed by atoms with Crippen LogP contribution in [0.4, 0.5) is 0 Å². The molecule has 0 aliphatic heterocycles. The van der Waals surface area contributed by atoms with Gasteiger partial charge in [0.25, 0.3) is 0 Å².